The third-order valence-corrected chi connectivity index (χ3v) is 3.20. The molecule has 0 saturated carbocycles. The van der Waals surface area contributed by atoms with E-state index in [4.69, 9.17) is 0 Å². The number of halogens is 2. The van der Waals surface area contributed by atoms with Crippen molar-refractivity contribution in [3.05, 3.63) is 0 Å². The molecule has 2 aliphatic rings. The van der Waals surface area contributed by atoms with E-state index in [2.05, 4.69) is 12.2 Å². The van der Waals surface area contributed by atoms with Crippen LogP contribution in [0, 0.1) is 5.92 Å². The summed E-state index contributed by atoms with van der Waals surface area (Å²) in [6.07, 6.45) is 1.34. The molecule has 0 radical (unpaired) electrons. The first-order valence-corrected chi connectivity index (χ1v) is 5.31. The molecule has 2 rings (SSSR count). The Hall–Kier alpha value is -0.350. The van der Waals surface area contributed by atoms with E-state index in [1.807, 2.05) is 0 Å². The smallest absolute Gasteiger partial charge is 0.261 e. The Morgan fingerprint density at radius 2 is 2.33 bits per heavy atom. The van der Waals surface area contributed by atoms with Crippen molar-refractivity contribution in [1.82, 2.24) is 10.2 Å². The fraction of sp³-hybridized carbons (Fsp3) is 0.900. The van der Waals surface area contributed by atoms with Gasteiger partial charge in [0.25, 0.3) is 5.91 Å². The van der Waals surface area contributed by atoms with Gasteiger partial charge >= 0.3 is 0 Å². The van der Waals surface area contributed by atoms with Gasteiger partial charge in [0.15, 0.2) is 0 Å². The Morgan fingerprint density at radius 3 is 2.80 bits per heavy atom. The lowest BCUT2D eigenvalue weighted by molar-refractivity contribution is -0.141. The minimum Gasteiger partial charge on any atom is -0.340 e. The molecular weight excluding hydrogens is 219 g/mol. The Bertz CT molecular complexity index is 244. The van der Waals surface area contributed by atoms with Crippen LogP contribution in [0.3, 0.4) is 0 Å². The summed E-state index contributed by atoms with van der Waals surface area (Å²) in [6.45, 7) is 4.36. The third kappa shape index (κ3) is 2.42. The lowest BCUT2D eigenvalue weighted by atomic mass is 10.0. The Kier molecular flexibility index (Phi) is 3.95. The molecule has 0 aromatic rings. The number of hydrogen-bond acceptors (Lipinski definition) is 2. The van der Waals surface area contributed by atoms with Gasteiger partial charge in [0.05, 0.1) is 0 Å². The summed E-state index contributed by atoms with van der Waals surface area (Å²) in [4.78, 5) is 13.5. The normalized spacial score (nSPS) is 35.3. The largest absolute Gasteiger partial charge is 0.340 e. The summed E-state index contributed by atoms with van der Waals surface area (Å²) in [5.41, 5.74) is -1.62. The molecule has 0 aliphatic carbocycles. The third-order valence-electron chi connectivity index (χ3n) is 3.20. The number of carbonyl (C=O) groups excluding carboxylic acids is 1. The van der Waals surface area contributed by atoms with Crippen LogP contribution in [0.25, 0.3) is 0 Å². The molecule has 0 aromatic heterocycles. The van der Waals surface area contributed by atoms with E-state index in [0.717, 1.165) is 19.5 Å². The van der Waals surface area contributed by atoms with Gasteiger partial charge < -0.3 is 10.2 Å². The average molecular weight is 237 g/mol. The van der Waals surface area contributed by atoms with Crippen LogP contribution in [-0.4, -0.2) is 42.7 Å². The molecule has 3 nitrogen and oxygen atoms in total. The maximum absolute atomic E-state index is 14.0. The molecule has 0 aromatic carbocycles. The van der Waals surface area contributed by atoms with E-state index in [-0.39, 0.29) is 24.9 Å². The van der Waals surface area contributed by atoms with Crippen molar-refractivity contribution >= 4 is 18.3 Å². The van der Waals surface area contributed by atoms with Crippen molar-refractivity contribution in [3.8, 4) is 0 Å². The number of hydrogen-bond donors (Lipinski definition) is 1. The zero-order valence-electron chi connectivity index (χ0n) is 8.96. The monoisotopic (exact) mass is 236 g/mol. The SMILES string of the molecule is CC1CCN(C(=O)C2(F)CCNC2)C1.Cl. The van der Waals surface area contributed by atoms with Crippen molar-refractivity contribution in [1.29, 1.82) is 0 Å². The maximum Gasteiger partial charge on any atom is 0.261 e. The van der Waals surface area contributed by atoms with Crippen LogP contribution in [0.2, 0.25) is 0 Å². The predicted octanol–water partition coefficient (Wildman–Crippen LogP) is 0.978. The maximum atomic E-state index is 14.0. The Labute approximate surface area is 95.8 Å². The zero-order chi connectivity index (χ0) is 10.2. The molecule has 2 atom stereocenters. The predicted molar refractivity (Wildman–Crippen MR) is 58.9 cm³/mol. The van der Waals surface area contributed by atoms with Gasteiger partial charge in [-0.25, -0.2) is 4.39 Å². The van der Waals surface area contributed by atoms with E-state index in [1.165, 1.54) is 0 Å². The second-order valence-corrected chi connectivity index (χ2v) is 4.54. The zero-order valence-corrected chi connectivity index (χ0v) is 9.78. The fourth-order valence-corrected chi connectivity index (χ4v) is 2.25. The first kappa shape index (κ1) is 12.7. The number of amides is 1. The number of nitrogens with one attached hydrogen (secondary N) is 1. The summed E-state index contributed by atoms with van der Waals surface area (Å²) < 4.78 is 14.0. The van der Waals surface area contributed by atoms with Gasteiger partial charge in [0.2, 0.25) is 5.67 Å². The number of likely N-dealkylation sites (tertiary alicyclic amines) is 1. The van der Waals surface area contributed by atoms with E-state index < -0.39 is 5.67 Å². The Balaban J connectivity index is 0.00000112. The summed E-state index contributed by atoms with van der Waals surface area (Å²) in [5, 5.41) is 2.91. The van der Waals surface area contributed by atoms with Crippen LogP contribution in [0.1, 0.15) is 19.8 Å². The van der Waals surface area contributed by atoms with Crippen molar-refractivity contribution in [2.75, 3.05) is 26.2 Å². The highest BCUT2D eigenvalue weighted by Crippen LogP contribution is 2.26. The summed E-state index contributed by atoms with van der Waals surface area (Å²) in [7, 11) is 0. The molecule has 1 N–H and O–H groups in total. The molecular formula is C10H18ClFN2O. The first-order valence-electron chi connectivity index (χ1n) is 5.31. The summed E-state index contributed by atoms with van der Waals surface area (Å²) in [6, 6.07) is 0. The minimum absolute atomic E-state index is 0. The topological polar surface area (TPSA) is 32.3 Å². The van der Waals surface area contributed by atoms with Gasteiger partial charge in [-0.05, 0) is 18.9 Å². The molecule has 1 amide bonds. The van der Waals surface area contributed by atoms with Gasteiger partial charge in [-0.15, -0.1) is 12.4 Å². The molecule has 15 heavy (non-hydrogen) atoms. The lowest BCUT2D eigenvalue weighted by Gasteiger charge is -2.24. The standard InChI is InChI=1S/C10H17FN2O.ClH/c1-8-2-5-13(6-8)9(14)10(11)3-4-12-7-10;/h8,12H,2-7H2,1H3;1H. The van der Waals surface area contributed by atoms with E-state index in [0.29, 0.717) is 18.9 Å². The molecule has 2 saturated heterocycles. The molecule has 0 bridgehead atoms. The van der Waals surface area contributed by atoms with Crippen LogP contribution < -0.4 is 5.32 Å². The van der Waals surface area contributed by atoms with Crippen LogP contribution in [0.15, 0.2) is 0 Å². The highest BCUT2D eigenvalue weighted by Gasteiger charge is 2.45. The van der Waals surface area contributed by atoms with E-state index in [9.17, 15) is 9.18 Å². The van der Waals surface area contributed by atoms with E-state index >= 15 is 0 Å². The van der Waals surface area contributed by atoms with Crippen LogP contribution >= 0.6 is 12.4 Å². The molecule has 0 spiro atoms. The molecule has 5 heteroatoms. The quantitative estimate of drug-likeness (QED) is 0.736. The molecule has 88 valence electrons. The van der Waals surface area contributed by atoms with Crippen LogP contribution in [0.5, 0.6) is 0 Å². The number of nitrogens with zero attached hydrogens (tertiary/aromatic N) is 1. The summed E-state index contributed by atoms with van der Waals surface area (Å²) in [5.74, 6) is 0.226. The van der Waals surface area contributed by atoms with Crippen molar-refractivity contribution < 1.29 is 9.18 Å². The molecule has 2 heterocycles. The lowest BCUT2D eigenvalue weighted by Crippen LogP contribution is -2.46. The Morgan fingerprint density at radius 1 is 1.60 bits per heavy atom. The van der Waals surface area contributed by atoms with Gasteiger partial charge in [-0.1, -0.05) is 6.92 Å². The molecule has 2 aliphatic heterocycles. The van der Waals surface area contributed by atoms with Gasteiger partial charge in [0.1, 0.15) is 0 Å². The first-order chi connectivity index (χ1) is 6.62. The van der Waals surface area contributed by atoms with Crippen LogP contribution in [-0.2, 0) is 4.79 Å². The second-order valence-electron chi connectivity index (χ2n) is 4.54. The second kappa shape index (κ2) is 4.66. The van der Waals surface area contributed by atoms with Gasteiger partial charge in [-0.2, -0.15) is 0 Å². The average Bonchev–Trinajstić information content (AvgIpc) is 2.74. The molecule has 2 unspecified atom stereocenters. The number of alkyl halides is 1. The van der Waals surface area contributed by atoms with Crippen molar-refractivity contribution in [2.45, 2.75) is 25.4 Å². The molecule has 2 fully saturated rings. The number of rotatable bonds is 1. The highest BCUT2D eigenvalue weighted by molar-refractivity contribution is 5.86. The number of carbonyl (C=O) groups is 1. The van der Waals surface area contributed by atoms with Crippen molar-refractivity contribution in [2.24, 2.45) is 5.92 Å². The van der Waals surface area contributed by atoms with Gasteiger partial charge in [0, 0.05) is 26.1 Å². The highest BCUT2D eigenvalue weighted by atomic mass is 35.5. The van der Waals surface area contributed by atoms with Gasteiger partial charge in [-0.3, -0.25) is 4.79 Å². The van der Waals surface area contributed by atoms with Crippen molar-refractivity contribution in [3.63, 3.8) is 0 Å². The van der Waals surface area contributed by atoms with Crippen LogP contribution in [0.4, 0.5) is 4.39 Å². The van der Waals surface area contributed by atoms with E-state index in [1.54, 1.807) is 4.90 Å². The minimum atomic E-state index is -1.62. The fourth-order valence-electron chi connectivity index (χ4n) is 2.25. The summed E-state index contributed by atoms with van der Waals surface area (Å²) >= 11 is 0.